The first-order valence-electron chi connectivity index (χ1n) is 17.1. The monoisotopic (exact) mass is 637 g/mol. The highest BCUT2D eigenvalue weighted by Crippen LogP contribution is 2.37. The van der Waals surface area contributed by atoms with Crippen molar-refractivity contribution in [2.75, 3.05) is 0 Å². The second kappa shape index (κ2) is 11.5. The summed E-state index contributed by atoms with van der Waals surface area (Å²) < 4.78 is 4.67. The molecule has 50 heavy (non-hydrogen) atoms. The van der Waals surface area contributed by atoms with Gasteiger partial charge >= 0.3 is 0 Å². The number of hydrogen-bond acceptors (Lipinski definition) is 1. The van der Waals surface area contributed by atoms with E-state index in [0.29, 0.717) is 0 Å². The molecule has 0 aliphatic heterocycles. The minimum Gasteiger partial charge on any atom is -0.309 e. The first-order valence-corrected chi connectivity index (χ1v) is 17.1. The maximum absolute atomic E-state index is 5.29. The fourth-order valence-electron chi connectivity index (χ4n) is 7.60. The van der Waals surface area contributed by atoms with E-state index in [9.17, 15) is 0 Å². The third-order valence-electron chi connectivity index (χ3n) is 9.94. The van der Waals surface area contributed by atoms with Crippen molar-refractivity contribution in [3.8, 4) is 45.0 Å². The van der Waals surface area contributed by atoms with Crippen molar-refractivity contribution in [3.63, 3.8) is 0 Å². The summed E-state index contributed by atoms with van der Waals surface area (Å²) in [5.41, 5.74) is 12.6. The van der Waals surface area contributed by atoms with Gasteiger partial charge in [0.25, 0.3) is 0 Å². The van der Waals surface area contributed by atoms with Crippen LogP contribution in [0.5, 0.6) is 0 Å². The van der Waals surface area contributed by atoms with E-state index in [-0.39, 0.29) is 0 Å². The number of pyridine rings is 1. The van der Waals surface area contributed by atoms with Gasteiger partial charge in [-0.05, 0) is 70.8 Å². The Morgan fingerprint density at radius 1 is 0.300 bits per heavy atom. The molecule has 0 aliphatic carbocycles. The highest BCUT2D eigenvalue weighted by atomic mass is 15.1. The van der Waals surface area contributed by atoms with Crippen molar-refractivity contribution in [2.45, 2.75) is 0 Å². The van der Waals surface area contributed by atoms with E-state index in [1.54, 1.807) is 0 Å². The number of para-hydroxylation sites is 3. The lowest BCUT2D eigenvalue weighted by molar-refractivity contribution is 1.08. The van der Waals surface area contributed by atoms with Gasteiger partial charge in [0.1, 0.15) is 5.82 Å². The van der Waals surface area contributed by atoms with Gasteiger partial charge in [-0.15, -0.1) is 0 Å². The predicted octanol–water partition coefficient (Wildman–Crippen LogP) is 12.3. The smallest absolute Gasteiger partial charge is 0.138 e. The number of rotatable bonds is 5. The van der Waals surface area contributed by atoms with Crippen LogP contribution in [-0.2, 0) is 0 Å². The van der Waals surface area contributed by atoms with Gasteiger partial charge in [-0.1, -0.05) is 140 Å². The van der Waals surface area contributed by atoms with Crippen molar-refractivity contribution < 1.29 is 0 Å². The van der Waals surface area contributed by atoms with Gasteiger partial charge in [-0.3, -0.25) is 4.57 Å². The van der Waals surface area contributed by atoms with Crippen LogP contribution in [-0.4, -0.2) is 14.1 Å². The molecule has 0 spiro atoms. The maximum atomic E-state index is 5.29. The van der Waals surface area contributed by atoms with Gasteiger partial charge in [-0.2, -0.15) is 0 Å². The normalized spacial score (nSPS) is 11.6. The predicted molar refractivity (Wildman–Crippen MR) is 209 cm³/mol. The molecular formula is C47H31N3. The zero-order valence-electron chi connectivity index (χ0n) is 27.2. The zero-order valence-corrected chi connectivity index (χ0v) is 27.2. The summed E-state index contributed by atoms with van der Waals surface area (Å²) in [6.45, 7) is 0. The van der Waals surface area contributed by atoms with E-state index in [4.69, 9.17) is 4.98 Å². The van der Waals surface area contributed by atoms with E-state index in [1.807, 2.05) is 0 Å². The Hall–Kier alpha value is -6.71. The van der Waals surface area contributed by atoms with Gasteiger partial charge in [0.15, 0.2) is 0 Å². The topological polar surface area (TPSA) is 22.8 Å². The van der Waals surface area contributed by atoms with Crippen LogP contribution >= 0.6 is 0 Å². The van der Waals surface area contributed by atoms with Gasteiger partial charge in [0.05, 0.1) is 27.8 Å². The molecule has 10 aromatic rings. The Morgan fingerprint density at radius 2 is 0.800 bits per heavy atom. The number of fused-ring (bicyclic) bond motifs is 6. The van der Waals surface area contributed by atoms with Crippen molar-refractivity contribution in [1.29, 1.82) is 0 Å². The third-order valence-corrected chi connectivity index (χ3v) is 9.94. The first kappa shape index (κ1) is 28.3. The summed E-state index contributed by atoms with van der Waals surface area (Å²) in [5, 5.41) is 4.92. The molecule has 3 heterocycles. The summed E-state index contributed by atoms with van der Waals surface area (Å²) in [7, 11) is 0. The minimum atomic E-state index is 0.909. The molecule has 3 aromatic heterocycles. The molecule has 3 heteroatoms. The van der Waals surface area contributed by atoms with Crippen LogP contribution in [0.1, 0.15) is 0 Å². The molecule has 234 valence electrons. The lowest BCUT2D eigenvalue weighted by Gasteiger charge is -2.12. The summed E-state index contributed by atoms with van der Waals surface area (Å²) in [6.07, 6.45) is 0. The number of hydrogen-bond donors (Lipinski definition) is 0. The highest BCUT2D eigenvalue weighted by Gasteiger charge is 2.16. The molecule has 0 aliphatic rings. The van der Waals surface area contributed by atoms with Crippen LogP contribution in [0.15, 0.2) is 188 Å². The van der Waals surface area contributed by atoms with Gasteiger partial charge in [-0.25, -0.2) is 4.98 Å². The Labute approximate surface area is 290 Å². The largest absolute Gasteiger partial charge is 0.309 e. The molecule has 10 rings (SSSR count). The minimum absolute atomic E-state index is 0.909. The van der Waals surface area contributed by atoms with E-state index in [0.717, 1.165) is 39.3 Å². The fraction of sp³-hybridized carbons (Fsp3) is 0. The average Bonchev–Trinajstić information content (AvgIpc) is 3.71. The summed E-state index contributed by atoms with van der Waals surface area (Å²) in [6, 6.07) is 67.3. The van der Waals surface area contributed by atoms with Crippen LogP contribution < -0.4 is 0 Å². The van der Waals surface area contributed by atoms with Gasteiger partial charge in [0.2, 0.25) is 0 Å². The van der Waals surface area contributed by atoms with Crippen LogP contribution in [0.2, 0.25) is 0 Å². The molecule has 3 nitrogen and oxygen atoms in total. The van der Waals surface area contributed by atoms with Crippen LogP contribution in [0.3, 0.4) is 0 Å². The molecule has 7 aromatic carbocycles. The second-order valence-electron chi connectivity index (χ2n) is 12.8. The summed E-state index contributed by atoms with van der Waals surface area (Å²) >= 11 is 0. The SMILES string of the molecule is c1ccc(-c2ccc(-c3cccc(-n4c5ccccc5c5ccc(-c6cccc(-n7c8ccccc8c8ccccc87)n6)cc54)c3)cc2)cc1. The molecule has 0 fully saturated rings. The molecule has 0 amide bonds. The second-order valence-corrected chi connectivity index (χ2v) is 12.8. The number of aromatic nitrogens is 3. The Bertz CT molecular complexity index is 2800. The van der Waals surface area contributed by atoms with Crippen LogP contribution in [0.25, 0.3) is 88.6 Å². The molecule has 0 unspecified atom stereocenters. The maximum Gasteiger partial charge on any atom is 0.138 e. The Morgan fingerprint density at radius 3 is 1.48 bits per heavy atom. The average molecular weight is 638 g/mol. The quantitative estimate of drug-likeness (QED) is 0.184. The highest BCUT2D eigenvalue weighted by molar-refractivity contribution is 6.11. The van der Waals surface area contributed by atoms with Gasteiger partial charge < -0.3 is 4.57 Å². The molecule has 0 saturated carbocycles. The molecule has 0 N–H and O–H groups in total. The molecule has 0 saturated heterocycles. The Balaban J connectivity index is 1.10. The molecular weight excluding hydrogens is 607 g/mol. The van der Waals surface area contributed by atoms with E-state index in [1.165, 1.54) is 49.3 Å². The molecule has 0 bridgehead atoms. The third kappa shape index (κ3) is 4.56. The Kier molecular flexibility index (Phi) is 6.49. The lowest BCUT2D eigenvalue weighted by Crippen LogP contribution is -1.98. The standard InChI is InChI=1S/C47H31N3/c1-2-12-32(13-3-1)33-24-26-34(27-25-33)35-14-10-15-37(30-35)49-43-20-7-4-18-40(43)41-29-28-36(31-46(41)49)42-19-11-23-47(48-42)50-44-21-8-5-16-38(44)39-17-6-9-22-45(39)50/h1-31H. The summed E-state index contributed by atoms with van der Waals surface area (Å²) in [4.78, 5) is 5.29. The van der Waals surface area contributed by atoms with E-state index in [2.05, 4.69) is 197 Å². The van der Waals surface area contributed by atoms with Crippen LogP contribution in [0.4, 0.5) is 0 Å². The summed E-state index contributed by atoms with van der Waals surface area (Å²) in [5.74, 6) is 0.909. The van der Waals surface area contributed by atoms with Crippen LogP contribution in [0, 0.1) is 0 Å². The lowest BCUT2D eigenvalue weighted by atomic mass is 10.00. The van der Waals surface area contributed by atoms with Crippen molar-refractivity contribution in [3.05, 3.63) is 188 Å². The van der Waals surface area contributed by atoms with Crippen molar-refractivity contribution in [1.82, 2.24) is 14.1 Å². The molecule has 0 radical (unpaired) electrons. The zero-order chi connectivity index (χ0) is 33.0. The molecule has 0 atom stereocenters. The number of nitrogens with zero attached hydrogens (tertiary/aromatic N) is 3. The first-order chi connectivity index (χ1) is 24.8. The van der Waals surface area contributed by atoms with E-state index >= 15 is 0 Å². The number of benzene rings is 7. The van der Waals surface area contributed by atoms with Crippen molar-refractivity contribution >= 4 is 43.6 Å². The van der Waals surface area contributed by atoms with Gasteiger partial charge in [0, 0.05) is 32.8 Å². The van der Waals surface area contributed by atoms with Crippen molar-refractivity contribution in [2.24, 2.45) is 0 Å². The van der Waals surface area contributed by atoms with E-state index < -0.39 is 0 Å². The fourth-order valence-corrected chi connectivity index (χ4v) is 7.60.